The summed E-state index contributed by atoms with van der Waals surface area (Å²) in [7, 11) is 1.77. The molecule has 0 spiro atoms. The number of carbonyl (C=O) groups is 1. The number of aryl methyl sites for hydroxylation is 1. The van der Waals surface area contributed by atoms with E-state index < -0.39 is 0 Å². The van der Waals surface area contributed by atoms with E-state index in [1.807, 2.05) is 12.1 Å². The molecule has 0 aliphatic carbocycles. The van der Waals surface area contributed by atoms with Gasteiger partial charge in [0.2, 0.25) is 0 Å². The summed E-state index contributed by atoms with van der Waals surface area (Å²) in [6.45, 7) is 6.89. The molecular weight excluding hydrogens is 391 g/mol. The van der Waals surface area contributed by atoms with Gasteiger partial charge in [0.05, 0.1) is 17.0 Å². The molecule has 31 heavy (non-hydrogen) atoms. The topological polar surface area (TPSA) is 48.5 Å². The molecule has 160 valence electrons. The lowest BCUT2D eigenvalue weighted by Gasteiger charge is -2.27. The molecule has 4 rings (SSSR count). The van der Waals surface area contributed by atoms with Gasteiger partial charge in [-0.15, -0.1) is 0 Å². The van der Waals surface area contributed by atoms with Crippen LogP contribution < -0.4 is 10.2 Å². The summed E-state index contributed by atoms with van der Waals surface area (Å²) in [4.78, 5) is 21.7. The van der Waals surface area contributed by atoms with Crippen LogP contribution in [0.2, 0.25) is 0 Å². The number of benzene rings is 2. The highest BCUT2D eigenvalue weighted by Crippen LogP contribution is 2.22. The fourth-order valence-corrected chi connectivity index (χ4v) is 3.85. The molecule has 0 radical (unpaired) electrons. The van der Waals surface area contributed by atoms with E-state index in [1.54, 1.807) is 43.1 Å². The van der Waals surface area contributed by atoms with Crippen LogP contribution in [0.4, 0.5) is 10.1 Å². The van der Waals surface area contributed by atoms with Crippen molar-refractivity contribution < 1.29 is 9.18 Å². The molecule has 0 atom stereocenters. The van der Waals surface area contributed by atoms with Crippen molar-refractivity contribution in [1.82, 2.24) is 15.2 Å². The standard InChI is InChI=1S/C25H27FN4O/c1-18-23(10-11-24(28-18)20-4-3-5-21(26)16-20)25(31)29(2)22-8-6-19(7-9-22)17-30-14-12-27-13-15-30/h3-11,16,27H,12-15,17H2,1-2H3. The molecule has 0 bridgehead atoms. The summed E-state index contributed by atoms with van der Waals surface area (Å²) < 4.78 is 13.5. The van der Waals surface area contributed by atoms with E-state index in [0.717, 1.165) is 38.4 Å². The third-order valence-corrected chi connectivity index (χ3v) is 5.68. The first kappa shape index (κ1) is 21.2. The van der Waals surface area contributed by atoms with Gasteiger partial charge in [0, 0.05) is 51.0 Å². The third-order valence-electron chi connectivity index (χ3n) is 5.68. The van der Waals surface area contributed by atoms with Crippen LogP contribution in [0.1, 0.15) is 21.6 Å². The van der Waals surface area contributed by atoms with Gasteiger partial charge in [-0.2, -0.15) is 0 Å². The number of rotatable bonds is 5. The molecule has 1 aliphatic heterocycles. The van der Waals surface area contributed by atoms with Crippen molar-refractivity contribution in [2.24, 2.45) is 0 Å². The molecule has 1 amide bonds. The van der Waals surface area contributed by atoms with E-state index in [0.29, 0.717) is 22.5 Å². The van der Waals surface area contributed by atoms with Crippen molar-refractivity contribution in [2.45, 2.75) is 13.5 Å². The average Bonchev–Trinajstić information content (AvgIpc) is 2.79. The van der Waals surface area contributed by atoms with Crippen molar-refractivity contribution in [3.63, 3.8) is 0 Å². The minimum atomic E-state index is -0.308. The van der Waals surface area contributed by atoms with Crippen LogP contribution in [-0.4, -0.2) is 49.0 Å². The average molecular weight is 419 g/mol. The number of halogens is 1. The maximum absolute atomic E-state index is 13.5. The lowest BCUT2D eigenvalue weighted by atomic mass is 10.1. The zero-order valence-electron chi connectivity index (χ0n) is 17.9. The number of hydrogen-bond acceptors (Lipinski definition) is 4. The number of nitrogens with one attached hydrogen (secondary N) is 1. The molecular formula is C25H27FN4O. The normalized spacial score (nSPS) is 14.4. The smallest absolute Gasteiger partial charge is 0.259 e. The van der Waals surface area contributed by atoms with Crippen molar-refractivity contribution in [3.05, 3.63) is 83.3 Å². The highest BCUT2D eigenvalue weighted by Gasteiger charge is 2.18. The van der Waals surface area contributed by atoms with E-state index in [9.17, 15) is 9.18 Å². The molecule has 3 aromatic rings. The number of anilines is 1. The zero-order valence-corrected chi connectivity index (χ0v) is 17.9. The first-order valence-electron chi connectivity index (χ1n) is 10.5. The van der Waals surface area contributed by atoms with Crippen molar-refractivity contribution >= 4 is 11.6 Å². The summed E-state index contributed by atoms with van der Waals surface area (Å²) in [6.07, 6.45) is 0. The number of nitrogens with zero attached hydrogens (tertiary/aromatic N) is 3. The predicted octanol–water partition coefficient (Wildman–Crippen LogP) is 3.88. The van der Waals surface area contributed by atoms with Gasteiger partial charge in [-0.25, -0.2) is 4.39 Å². The Morgan fingerprint density at radius 3 is 2.52 bits per heavy atom. The molecule has 1 aromatic heterocycles. The lowest BCUT2D eigenvalue weighted by molar-refractivity contribution is 0.0992. The number of piperazine rings is 1. The van der Waals surface area contributed by atoms with Crippen LogP contribution in [-0.2, 0) is 6.54 Å². The lowest BCUT2D eigenvalue weighted by Crippen LogP contribution is -2.42. The summed E-state index contributed by atoms with van der Waals surface area (Å²) in [6, 6.07) is 18.0. The number of hydrogen-bond donors (Lipinski definition) is 1. The van der Waals surface area contributed by atoms with Gasteiger partial charge < -0.3 is 10.2 Å². The van der Waals surface area contributed by atoms with Gasteiger partial charge in [-0.1, -0.05) is 24.3 Å². The van der Waals surface area contributed by atoms with Crippen LogP contribution in [0.3, 0.4) is 0 Å². The molecule has 1 saturated heterocycles. The molecule has 2 aromatic carbocycles. The third kappa shape index (κ3) is 4.98. The van der Waals surface area contributed by atoms with Crippen LogP contribution in [0.25, 0.3) is 11.3 Å². The predicted molar refractivity (Wildman–Crippen MR) is 122 cm³/mol. The number of pyridine rings is 1. The summed E-state index contributed by atoms with van der Waals surface area (Å²) in [5.74, 6) is -0.428. The summed E-state index contributed by atoms with van der Waals surface area (Å²) in [5, 5.41) is 3.36. The first-order chi connectivity index (χ1) is 15.0. The fraction of sp³-hybridized carbons (Fsp3) is 0.280. The summed E-state index contributed by atoms with van der Waals surface area (Å²) in [5.41, 5.74) is 4.57. The van der Waals surface area contributed by atoms with Crippen LogP contribution in [0, 0.1) is 12.7 Å². The molecule has 2 heterocycles. The van der Waals surface area contributed by atoms with E-state index in [1.165, 1.54) is 17.7 Å². The van der Waals surface area contributed by atoms with Crippen LogP contribution in [0.15, 0.2) is 60.7 Å². The highest BCUT2D eigenvalue weighted by molar-refractivity contribution is 6.06. The minimum Gasteiger partial charge on any atom is -0.314 e. The second-order valence-corrected chi connectivity index (χ2v) is 7.90. The van der Waals surface area contributed by atoms with E-state index >= 15 is 0 Å². The van der Waals surface area contributed by atoms with Gasteiger partial charge in [-0.05, 0) is 48.9 Å². The Balaban J connectivity index is 1.47. The first-order valence-corrected chi connectivity index (χ1v) is 10.5. The monoisotopic (exact) mass is 418 g/mol. The van der Waals surface area contributed by atoms with Crippen LogP contribution in [0.5, 0.6) is 0 Å². The van der Waals surface area contributed by atoms with E-state index in [-0.39, 0.29) is 11.7 Å². The van der Waals surface area contributed by atoms with E-state index in [4.69, 9.17) is 0 Å². The largest absolute Gasteiger partial charge is 0.314 e. The zero-order chi connectivity index (χ0) is 21.8. The number of aromatic nitrogens is 1. The number of carbonyl (C=O) groups excluding carboxylic acids is 1. The van der Waals surface area contributed by atoms with Crippen LogP contribution >= 0.6 is 0 Å². The van der Waals surface area contributed by atoms with Gasteiger partial charge in [-0.3, -0.25) is 14.7 Å². The molecule has 5 nitrogen and oxygen atoms in total. The Labute approximate surface area is 182 Å². The Morgan fingerprint density at radius 2 is 1.84 bits per heavy atom. The Morgan fingerprint density at radius 1 is 1.10 bits per heavy atom. The SMILES string of the molecule is Cc1nc(-c2cccc(F)c2)ccc1C(=O)N(C)c1ccc(CN2CCNCC2)cc1. The maximum Gasteiger partial charge on any atom is 0.259 e. The van der Waals surface area contributed by atoms with Gasteiger partial charge in [0.25, 0.3) is 5.91 Å². The Bertz CT molecular complexity index is 1060. The molecule has 6 heteroatoms. The maximum atomic E-state index is 13.5. The van der Waals surface area contributed by atoms with Crippen molar-refractivity contribution in [1.29, 1.82) is 0 Å². The van der Waals surface area contributed by atoms with Gasteiger partial charge in [0.15, 0.2) is 0 Å². The molecule has 1 N–H and O–H groups in total. The molecule has 1 fully saturated rings. The fourth-order valence-electron chi connectivity index (χ4n) is 3.85. The second-order valence-electron chi connectivity index (χ2n) is 7.90. The highest BCUT2D eigenvalue weighted by atomic mass is 19.1. The van der Waals surface area contributed by atoms with Gasteiger partial charge >= 0.3 is 0 Å². The Hall–Kier alpha value is -3.09. The number of amides is 1. The van der Waals surface area contributed by atoms with Gasteiger partial charge in [0.1, 0.15) is 5.82 Å². The van der Waals surface area contributed by atoms with E-state index in [2.05, 4.69) is 27.3 Å². The molecule has 0 unspecified atom stereocenters. The van der Waals surface area contributed by atoms with Crippen molar-refractivity contribution in [2.75, 3.05) is 38.1 Å². The minimum absolute atomic E-state index is 0.120. The molecule has 1 aliphatic rings. The van der Waals surface area contributed by atoms with Crippen molar-refractivity contribution in [3.8, 4) is 11.3 Å². The quantitative estimate of drug-likeness (QED) is 0.683. The Kier molecular flexibility index (Phi) is 6.39. The summed E-state index contributed by atoms with van der Waals surface area (Å²) >= 11 is 0. The second kappa shape index (κ2) is 9.37. The molecule has 0 saturated carbocycles.